The fourth-order valence-electron chi connectivity index (χ4n) is 2.84. The number of nitrogens with one attached hydrogen (secondary N) is 3. The molecule has 0 aliphatic heterocycles. The number of para-hydroxylation sites is 1. The van der Waals surface area contributed by atoms with Gasteiger partial charge in [0.25, 0.3) is 11.8 Å². The summed E-state index contributed by atoms with van der Waals surface area (Å²) in [7, 11) is 0. The van der Waals surface area contributed by atoms with Gasteiger partial charge >= 0.3 is 0 Å². The van der Waals surface area contributed by atoms with Crippen molar-refractivity contribution in [1.29, 1.82) is 0 Å². The average Bonchev–Trinajstić information content (AvgIpc) is 3.43. The SMILES string of the molecule is O=C(Nc1ccc(C(=O)NCCc2c[nH]c3ccccc23)s1)c1ccco1. The molecule has 0 radical (unpaired) electrons. The molecule has 1 aromatic carbocycles. The van der Waals surface area contributed by atoms with E-state index < -0.39 is 0 Å². The van der Waals surface area contributed by atoms with Crippen LogP contribution in [0.1, 0.15) is 25.8 Å². The van der Waals surface area contributed by atoms with Gasteiger partial charge in [-0.15, -0.1) is 11.3 Å². The summed E-state index contributed by atoms with van der Waals surface area (Å²) in [5, 5.41) is 7.41. The highest BCUT2D eigenvalue weighted by Crippen LogP contribution is 2.23. The molecule has 0 bridgehead atoms. The first kappa shape index (κ1) is 17.1. The number of benzene rings is 1. The Kier molecular flexibility index (Phi) is 4.76. The monoisotopic (exact) mass is 379 g/mol. The number of carbonyl (C=O) groups is 2. The van der Waals surface area contributed by atoms with Crippen molar-refractivity contribution in [2.75, 3.05) is 11.9 Å². The van der Waals surface area contributed by atoms with Crippen LogP contribution >= 0.6 is 11.3 Å². The van der Waals surface area contributed by atoms with Crippen molar-refractivity contribution in [3.05, 3.63) is 77.2 Å². The second-order valence-corrected chi connectivity index (χ2v) is 7.04. The predicted octanol–water partition coefficient (Wildman–Crippen LogP) is 4.05. The Bertz CT molecular complexity index is 1080. The van der Waals surface area contributed by atoms with Crippen LogP contribution in [0, 0.1) is 0 Å². The Hall–Kier alpha value is -3.32. The quantitative estimate of drug-likeness (QED) is 0.472. The highest BCUT2D eigenvalue weighted by atomic mass is 32.1. The number of amides is 2. The first-order chi connectivity index (χ1) is 13.2. The summed E-state index contributed by atoms with van der Waals surface area (Å²) >= 11 is 1.23. The van der Waals surface area contributed by atoms with E-state index in [9.17, 15) is 9.59 Å². The van der Waals surface area contributed by atoms with E-state index in [1.165, 1.54) is 28.5 Å². The molecule has 0 saturated carbocycles. The average molecular weight is 379 g/mol. The molecule has 0 atom stereocenters. The number of aromatic nitrogens is 1. The Labute approximate surface area is 159 Å². The lowest BCUT2D eigenvalue weighted by Crippen LogP contribution is -2.24. The van der Waals surface area contributed by atoms with Gasteiger partial charge in [0, 0.05) is 23.6 Å². The summed E-state index contributed by atoms with van der Waals surface area (Å²) in [6.07, 6.45) is 4.16. The van der Waals surface area contributed by atoms with E-state index in [-0.39, 0.29) is 17.6 Å². The molecule has 4 rings (SSSR count). The summed E-state index contributed by atoms with van der Waals surface area (Å²) in [5.41, 5.74) is 2.26. The fraction of sp³-hybridized carbons (Fsp3) is 0.100. The van der Waals surface area contributed by atoms with Gasteiger partial charge in [0.2, 0.25) is 0 Å². The summed E-state index contributed by atoms with van der Waals surface area (Å²) < 4.78 is 5.05. The van der Waals surface area contributed by atoms with Gasteiger partial charge in [0.1, 0.15) is 0 Å². The van der Waals surface area contributed by atoms with Crippen LogP contribution in [-0.4, -0.2) is 23.3 Å². The molecule has 0 saturated heterocycles. The minimum absolute atomic E-state index is 0.154. The highest BCUT2D eigenvalue weighted by Gasteiger charge is 2.13. The molecule has 3 aromatic heterocycles. The van der Waals surface area contributed by atoms with Crippen molar-refractivity contribution >= 4 is 39.1 Å². The lowest BCUT2D eigenvalue weighted by atomic mass is 10.1. The zero-order valence-electron chi connectivity index (χ0n) is 14.3. The van der Waals surface area contributed by atoms with Crippen LogP contribution in [0.15, 0.2) is 65.4 Å². The van der Waals surface area contributed by atoms with Gasteiger partial charge in [-0.2, -0.15) is 0 Å². The first-order valence-electron chi connectivity index (χ1n) is 8.48. The predicted molar refractivity (Wildman–Crippen MR) is 105 cm³/mol. The summed E-state index contributed by atoms with van der Waals surface area (Å²) in [4.78, 5) is 28.1. The molecule has 6 nitrogen and oxygen atoms in total. The lowest BCUT2D eigenvalue weighted by Gasteiger charge is -2.03. The second-order valence-electron chi connectivity index (χ2n) is 5.96. The first-order valence-corrected chi connectivity index (χ1v) is 9.30. The molecule has 27 heavy (non-hydrogen) atoms. The van der Waals surface area contributed by atoms with E-state index in [0.717, 1.165) is 11.9 Å². The molecule has 3 heterocycles. The fourth-order valence-corrected chi connectivity index (χ4v) is 3.66. The van der Waals surface area contributed by atoms with Crippen LogP contribution in [0.25, 0.3) is 10.9 Å². The minimum Gasteiger partial charge on any atom is -0.459 e. The molecule has 0 spiro atoms. The Morgan fingerprint density at radius 2 is 1.93 bits per heavy atom. The van der Waals surface area contributed by atoms with Crippen LogP contribution in [0.4, 0.5) is 5.00 Å². The lowest BCUT2D eigenvalue weighted by molar-refractivity contribution is 0.0956. The summed E-state index contributed by atoms with van der Waals surface area (Å²) in [6.45, 7) is 0.534. The number of H-pyrrole nitrogens is 1. The molecule has 3 N–H and O–H groups in total. The van der Waals surface area contributed by atoms with Crippen LogP contribution in [0.2, 0.25) is 0 Å². The van der Waals surface area contributed by atoms with Crippen molar-refractivity contribution in [3.63, 3.8) is 0 Å². The summed E-state index contributed by atoms with van der Waals surface area (Å²) in [5.74, 6) is -0.264. The van der Waals surface area contributed by atoms with E-state index in [0.29, 0.717) is 16.4 Å². The molecule has 0 fully saturated rings. The van der Waals surface area contributed by atoms with E-state index in [1.807, 2.05) is 24.4 Å². The molecular weight excluding hydrogens is 362 g/mol. The number of anilines is 1. The van der Waals surface area contributed by atoms with Crippen molar-refractivity contribution in [2.24, 2.45) is 0 Å². The zero-order chi connectivity index (χ0) is 18.6. The third kappa shape index (κ3) is 3.78. The molecule has 136 valence electrons. The van der Waals surface area contributed by atoms with Gasteiger partial charge in [-0.3, -0.25) is 9.59 Å². The van der Waals surface area contributed by atoms with E-state index in [2.05, 4.69) is 21.7 Å². The van der Waals surface area contributed by atoms with Gasteiger partial charge in [-0.05, 0) is 42.3 Å². The van der Waals surface area contributed by atoms with E-state index >= 15 is 0 Å². The van der Waals surface area contributed by atoms with Crippen molar-refractivity contribution < 1.29 is 14.0 Å². The molecular formula is C20H17N3O3S. The number of rotatable bonds is 6. The molecule has 0 unspecified atom stereocenters. The van der Waals surface area contributed by atoms with Gasteiger partial charge in [-0.1, -0.05) is 18.2 Å². The Morgan fingerprint density at radius 1 is 1.04 bits per heavy atom. The summed E-state index contributed by atoms with van der Waals surface area (Å²) in [6, 6.07) is 14.7. The van der Waals surface area contributed by atoms with Crippen LogP contribution in [0.5, 0.6) is 0 Å². The third-order valence-electron chi connectivity index (χ3n) is 4.17. The topological polar surface area (TPSA) is 87.1 Å². The number of thiophene rings is 1. The van der Waals surface area contributed by atoms with E-state index in [4.69, 9.17) is 4.42 Å². The van der Waals surface area contributed by atoms with Crippen LogP contribution in [0.3, 0.4) is 0 Å². The molecule has 7 heteroatoms. The Morgan fingerprint density at radius 3 is 2.78 bits per heavy atom. The zero-order valence-corrected chi connectivity index (χ0v) is 15.1. The standard InChI is InChI=1S/C20H17N3O3S/c24-19(16-6-3-11-26-16)23-18-8-7-17(27-18)20(25)21-10-9-13-12-22-15-5-2-1-4-14(13)15/h1-8,11-12,22H,9-10H2,(H,21,25)(H,23,24). The maximum absolute atomic E-state index is 12.3. The van der Waals surface area contributed by atoms with Gasteiger partial charge < -0.3 is 20.0 Å². The van der Waals surface area contributed by atoms with Crippen LogP contribution < -0.4 is 10.6 Å². The number of furan rings is 1. The minimum atomic E-state index is -0.340. The van der Waals surface area contributed by atoms with Gasteiger partial charge in [0.05, 0.1) is 16.1 Å². The number of hydrogen-bond donors (Lipinski definition) is 3. The smallest absolute Gasteiger partial charge is 0.291 e. The second kappa shape index (κ2) is 7.51. The number of aromatic amines is 1. The van der Waals surface area contributed by atoms with Gasteiger partial charge in [-0.25, -0.2) is 0 Å². The number of hydrogen-bond acceptors (Lipinski definition) is 4. The van der Waals surface area contributed by atoms with Crippen LogP contribution in [-0.2, 0) is 6.42 Å². The van der Waals surface area contributed by atoms with Gasteiger partial charge in [0.15, 0.2) is 5.76 Å². The van der Waals surface area contributed by atoms with Crippen molar-refractivity contribution in [2.45, 2.75) is 6.42 Å². The number of fused-ring (bicyclic) bond motifs is 1. The molecule has 0 aliphatic carbocycles. The van der Waals surface area contributed by atoms with E-state index in [1.54, 1.807) is 24.3 Å². The maximum atomic E-state index is 12.3. The maximum Gasteiger partial charge on any atom is 0.291 e. The Balaban J connectivity index is 1.32. The molecule has 4 aromatic rings. The largest absolute Gasteiger partial charge is 0.459 e. The third-order valence-corrected chi connectivity index (χ3v) is 5.17. The normalized spacial score (nSPS) is 10.8. The number of carbonyl (C=O) groups excluding carboxylic acids is 2. The molecule has 2 amide bonds. The molecule has 0 aliphatic rings. The van der Waals surface area contributed by atoms with Crippen molar-refractivity contribution in [3.8, 4) is 0 Å². The highest BCUT2D eigenvalue weighted by molar-refractivity contribution is 7.18. The van der Waals surface area contributed by atoms with Crippen molar-refractivity contribution in [1.82, 2.24) is 10.3 Å².